The summed E-state index contributed by atoms with van der Waals surface area (Å²) in [5.74, 6) is -1.46. The minimum atomic E-state index is -0.545. The third-order valence-electron chi connectivity index (χ3n) is 3.75. The van der Waals surface area contributed by atoms with Gasteiger partial charge < -0.3 is 9.72 Å². The van der Waals surface area contributed by atoms with Crippen molar-refractivity contribution in [2.24, 2.45) is 0 Å². The average molecular weight is 343 g/mol. The van der Waals surface area contributed by atoms with E-state index in [9.17, 15) is 14.4 Å². The predicted molar refractivity (Wildman–Crippen MR) is 92.3 cm³/mol. The van der Waals surface area contributed by atoms with Gasteiger partial charge in [0, 0.05) is 11.3 Å². The lowest BCUT2D eigenvalue weighted by atomic mass is 10.1. The molecule has 3 N–H and O–H groups in total. The van der Waals surface area contributed by atoms with E-state index >= 15 is 0 Å². The van der Waals surface area contributed by atoms with Crippen LogP contribution >= 0.6 is 0 Å². The first-order chi connectivity index (χ1) is 11.8. The summed E-state index contributed by atoms with van der Waals surface area (Å²) >= 11 is 0. The fourth-order valence-electron chi connectivity index (χ4n) is 2.44. The van der Waals surface area contributed by atoms with Crippen molar-refractivity contribution in [3.63, 3.8) is 0 Å². The quantitative estimate of drug-likeness (QED) is 0.585. The number of benzene rings is 1. The van der Waals surface area contributed by atoms with E-state index in [4.69, 9.17) is 4.74 Å². The number of esters is 1. The highest BCUT2D eigenvalue weighted by Gasteiger charge is 2.23. The molecule has 1 aromatic heterocycles. The second-order valence-corrected chi connectivity index (χ2v) is 5.62. The van der Waals surface area contributed by atoms with Crippen molar-refractivity contribution in [1.29, 1.82) is 0 Å². The Kier molecular flexibility index (Phi) is 5.59. The highest BCUT2D eigenvalue weighted by molar-refractivity contribution is 6.02. The molecule has 2 aromatic rings. The van der Waals surface area contributed by atoms with Gasteiger partial charge in [-0.15, -0.1) is 0 Å². The standard InChI is InChI=1S/C18H21N3O4/c1-5-25-18(24)14-11(3)15(19-12(14)4)17(23)21-20-16(22)13-8-6-10(2)7-9-13/h6-9,19H,5H2,1-4H3,(H,20,22)(H,21,23). The average Bonchev–Trinajstić information content (AvgIpc) is 2.88. The molecule has 0 saturated heterocycles. The number of carbonyl (C=O) groups excluding carboxylic acids is 3. The number of nitrogens with one attached hydrogen (secondary N) is 3. The molecule has 25 heavy (non-hydrogen) atoms. The Bertz CT molecular complexity index is 806. The second kappa shape index (κ2) is 7.65. The zero-order valence-corrected chi connectivity index (χ0v) is 14.6. The van der Waals surface area contributed by atoms with Gasteiger partial charge in [-0.2, -0.15) is 0 Å². The Hall–Kier alpha value is -3.09. The third-order valence-corrected chi connectivity index (χ3v) is 3.75. The molecular weight excluding hydrogens is 322 g/mol. The number of amides is 2. The molecule has 0 fully saturated rings. The van der Waals surface area contributed by atoms with E-state index < -0.39 is 17.8 Å². The van der Waals surface area contributed by atoms with Crippen molar-refractivity contribution in [1.82, 2.24) is 15.8 Å². The predicted octanol–water partition coefficient (Wildman–Crippen LogP) is 2.19. The zero-order valence-electron chi connectivity index (χ0n) is 14.6. The smallest absolute Gasteiger partial charge is 0.340 e. The first-order valence-electron chi connectivity index (χ1n) is 7.88. The van der Waals surface area contributed by atoms with Crippen molar-refractivity contribution >= 4 is 17.8 Å². The van der Waals surface area contributed by atoms with Crippen molar-refractivity contribution < 1.29 is 19.1 Å². The van der Waals surface area contributed by atoms with E-state index in [1.807, 2.05) is 6.92 Å². The van der Waals surface area contributed by atoms with Crippen LogP contribution in [0.4, 0.5) is 0 Å². The van der Waals surface area contributed by atoms with Crippen LogP contribution in [-0.4, -0.2) is 29.4 Å². The van der Waals surface area contributed by atoms with Crippen LogP contribution < -0.4 is 10.9 Å². The van der Waals surface area contributed by atoms with Crippen LogP contribution in [0, 0.1) is 20.8 Å². The lowest BCUT2D eigenvalue weighted by Gasteiger charge is -2.07. The van der Waals surface area contributed by atoms with Crippen LogP contribution in [0.3, 0.4) is 0 Å². The van der Waals surface area contributed by atoms with E-state index in [2.05, 4.69) is 15.8 Å². The second-order valence-electron chi connectivity index (χ2n) is 5.62. The van der Waals surface area contributed by atoms with Gasteiger partial charge in [-0.25, -0.2) is 4.79 Å². The van der Waals surface area contributed by atoms with E-state index in [0.29, 0.717) is 22.4 Å². The molecule has 132 valence electrons. The summed E-state index contributed by atoms with van der Waals surface area (Å²) in [5.41, 5.74) is 7.69. The molecule has 0 aliphatic carbocycles. The molecule has 0 atom stereocenters. The number of hydrogen-bond donors (Lipinski definition) is 3. The third kappa shape index (κ3) is 4.06. The number of carbonyl (C=O) groups is 3. The maximum Gasteiger partial charge on any atom is 0.340 e. The van der Waals surface area contributed by atoms with Gasteiger partial charge in [0.1, 0.15) is 5.69 Å². The number of hydrogen-bond acceptors (Lipinski definition) is 4. The summed E-state index contributed by atoms with van der Waals surface area (Å²) < 4.78 is 4.99. The van der Waals surface area contributed by atoms with Crippen LogP contribution in [0.2, 0.25) is 0 Å². The minimum Gasteiger partial charge on any atom is -0.462 e. The Morgan fingerprint density at radius 3 is 2.20 bits per heavy atom. The monoisotopic (exact) mass is 343 g/mol. The van der Waals surface area contributed by atoms with E-state index in [-0.39, 0.29) is 12.3 Å². The number of hydrazine groups is 1. The summed E-state index contributed by atoms with van der Waals surface area (Å²) in [6.45, 7) is 7.20. The van der Waals surface area contributed by atoms with Crippen LogP contribution in [0.25, 0.3) is 0 Å². The highest BCUT2D eigenvalue weighted by atomic mass is 16.5. The van der Waals surface area contributed by atoms with E-state index in [1.54, 1.807) is 45.0 Å². The lowest BCUT2D eigenvalue weighted by Crippen LogP contribution is -2.42. The Labute approximate surface area is 145 Å². The first kappa shape index (κ1) is 18.3. The normalized spacial score (nSPS) is 10.2. The maximum atomic E-state index is 12.3. The molecule has 0 aliphatic heterocycles. The summed E-state index contributed by atoms with van der Waals surface area (Å²) in [7, 11) is 0. The van der Waals surface area contributed by atoms with Crippen LogP contribution in [0.5, 0.6) is 0 Å². The largest absolute Gasteiger partial charge is 0.462 e. The molecule has 7 heteroatoms. The number of aryl methyl sites for hydroxylation is 2. The SMILES string of the molecule is CCOC(=O)c1c(C)[nH]c(C(=O)NNC(=O)c2ccc(C)cc2)c1C. The topological polar surface area (TPSA) is 100 Å². The Morgan fingerprint density at radius 2 is 1.60 bits per heavy atom. The van der Waals surface area contributed by atoms with Crippen molar-refractivity contribution in [2.45, 2.75) is 27.7 Å². The summed E-state index contributed by atoms with van der Waals surface area (Å²) in [5, 5.41) is 0. The molecule has 0 aliphatic rings. The number of aromatic nitrogens is 1. The summed E-state index contributed by atoms with van der Waals surface area (Å²) in [4.78, 5) is 39.1. The number of rotatable bonds is 4. The molecule has 0 spiro atoms. The molecule has 2 amide bonds. The van der Waals surface area contributed by atoms with Crippen molar-refractivity contribution in [3.8, 4) is 0 Å². The maximum absolute atomic E-state index is 12.3. The van der Waals surface area contributed by atoms with Gasteiger partial charge >= 0.3 is 5.97 Å². The van der Waals surface area contributed by atoms with Gasteiger partial charge in [0.05, 0.1) is 12.2 Å². The lowest BCUT2D eigenvalue weighted by molar-refractivity contribution is 0.0524. The number of ether oxygens (including phenoxy) is 1. The summed E-state index contributed by atoms with van der Waals surface area (Å²) in [6, 6.07) is 6.95. The molecule has 1 aromatic carbocycles. The molecule has 0 unspecified atom stereocenters. The Balaban J connectivity index is 2.08. The van der Waals surface area contributed by atoms with Crippen LogP contribution in [0.1, 0.15) is 54.9 Å². The van der Waals surface area contributed by atoms with Crippen LogP contribution in [-0.2, 0) is 4.74 Å². The zero-order chi connectivity index (χ0) is 18.6. The first-order valence-corrected chi connectivity index (χ1v) is 7.88. The van der Waals surface area contributed by atoms with E-state index in [1.165, 1.54) is 0 Å². The molecule has 0 bridgehead atoms. The van der Waals surface area contributed by atoms with Crippen molar-refractivity contribution in [3.05, 3.63) is 57.9 Å². The molecule has 0 radical (unpaired) electrons. The summed E-state index contributed by atoms with van der Waals surface area (Å²) in [6.07, 6.45) is 0. The van der Waals surface area contributed by atoms with Gasteiger partial charge in [-0.05, 0) is 45.4 Å². The van der Waals surface area contributed by atoms with Gasteiger partial charge in [-0.3, -0.25) is 20.4 Å². The molecule has 7 nitrogen and oxygen atoms in total. The van der Waals surface area contributed by atoms with Gasteiger partial charge in [0.25, 0.3) is 11.8 Å². The van der Waals surface area contributed by atoms with Gasteiger partial charge in [-0.1, -0.05) is 17.7 Å². The molecular formula is C18H21N3O4. The highest BCUT2D eigenvalue weighted by Crippen LogP contribution is 2.18. The fraction of sp³-hybridized carbons (Fsp3) is 0.278. The van der Waals surface area contributed by atoms with Gasteiger partial charge in [0.2, 0.25) is 0 Å². The minimum absolute atomic E-state index is 0.199. The van der Waals surface area contributed by atoms with E-state index in [0.717, 1.165) is 5.56 Å². The number of aromatic amines is 1. The Morgan fingerprint density at radius 1 is 1.00 bits per heavy atom. The molecule has 0 saturated carbocycles. The number of H-pyrrole nitrogens is 1. The van der Waals surface area contributed by atoms with Crippen LogP contribution in [0.15, 0.2) is 24.3 Å². The molecule has 1 heterocycles. The fourth-order valence-corrected chi connectivity index (χ4v) is 2.44. The van der Waals surface area contributed by atoms with Gasteiger partial charge in [0.15, 0.2) is 0 Å². The van der Waals surface area contributed by atoms with Crippen molar-refractivity contribution in [2.75, 3.05) is 6.61 Å². The molecule has 2 rings (SSSR count).